The molecule has 0 heterocycles. The number of anilines is 1. The zero-order chi connectivity index (χ0) is 22.8. The molecule has 2 N–H and O–H groups in total. The van der Waals surface area contributed by atoms with Crippen LogP contribution in [0.25, 0.3) is 0 Å². The summed E-state index contributed by atoms with van der Waals surface area (Å²) in [6.45, 7) is 2.28. The molecule has 3 aromatic rings. The molecule has 0 aliphatic rings. The first-order valence-corrected chi connectivity index (χ1v) is 10.3. The molecule has 0 spiro atoms. The van der Waals surface area contributed by atoms with E-state index in [1.807, 2.05) is 37.3 Å². The van der Waals surface area contributed by atoms with Crippen molar-refractivity contribution in [1.82, 2.24) is 5.43 Å². The van der Waals surface area contributed by atoms with Gasteiger partial charge in [-0.2, -0.15) is 5.10 Å². The van der Waals surface area contributed by atoms with E-state index in [1.165, 1.54) is 0 Å². The second kappa shape index (κ2) is 11.5. The highest BCUT2D eigenvalue weighted by Gasteiger charge is 2.12. The minimum atomic E-state index is -0.454. The van der Waals surface area contributed by atoms with Crippen molar-refractivity contribution in [3.05, 3.63) is 83.9 Å². The Hall–Kier alpha value is -3.91. The average molecular weight is 450 g/mol. The van der Waals surface area contributed by atoms with Gasteiger partial charge in [-0.3, -0.25) is 5.43 Å². The minimum Gasteiger partial charge on any atom is -0.497 e. The van der Waals surface area contributed by atoms with Gasteiger partial charge in [-0.05, 0) is 79.3 Å². The van der Waals surface area contributed by atoms with Gasteiger partial charge in [-0.1, -0.05) is 18.2 Å². The number of nitrogens with zero attached hydrogens (tertiary/aromatic N) is 1. The first kappa shape index (κ1) is 22.8. The van der Waals surface area contributed by atoms with Gasteiger partial charge >= 0.3 is 5.97 Å². The fourth-order valence-corrected chi connectivity index (χ4v) is 2.86. The predicted octanol–water partition coefficient (Wildman–Crippen LogP) is 4.63. The number of benzene rings is 3. The predicted molar refractivity (Wildman–Crippen MR) is 129 cm³/mol. The molecule has 7 nitrogen and oxygen atoms in total. The van der Waals surface area contributed by atoms with E-state index in [4.69, 9.17) is 26.4 Å². The van der Waals surface area contributed by atoms with E-state index in [9.17, 15) is 4.79 Å². The van der Waals surface area contributed by atoms with Crippen LogP contribution in [0.4, 0.5) is 5.69 Å². The number of esters is 1. The molecule has 0 saturated heterocycles. The average Bonchev–Trinajstić information content (AvgIpc) is 2.82. The van der Waals surface area contributed by atoms with Crippen LogP contribution in [-0.2, 0) is 0 Å². The van der Waals surface area contributed by atoms with Crippen molar-refractivity contribution in [2.75, 3.05) is 19.0 Å². The Bertz CT molecular complexity index is 1090. The van der Waals surface area contributed by atoms with E-state index in [0.29, 0.717) is 28.8 Å². The summed E-state index contributed by atoms with van der Waals surface area (Å²) in [5, 5.41) is 7.51. The van der Waals surface area contributed by atoms with E-state index in [-0.39, 0.29) is 0 Å². The van der Waals surface area contributed by atoms with Crippen LogP contribution in [0.3, 0.4) is 0 Å². The van der Waals surface area contributed by atoms with E-state index in [1.54, 1.807) is 55.8 Å². The third kappa shape index (κ3) is 6.55. The highest BCUT2D eigenvalue weighted by molar-refractivity contribution is 7.80. The van der Waals surface area contributed by atoms with Crippen LogP contribution in [-0.4, -0.2) is 31.0 Å². The molecular weight excluding hydrogens is 426 g/mol. The van der Waals surface area contributed by atoms with Crippen molar-refractivity contribution >= 4 is 35.2 Å². The van der Waals surface area contributed by atoms with Crippen molar-refractivity contribution in [2.45, 2.75) is 6.92 Å². The highest BCUT2D eigenvalue weighted by atomic mass is 32.1. The highest BCUT2D eigenvalue weighted by Crippen LogP contribution is 2.29. The van der Waals surface area contributed by atoms with E-state index in [2.05, 4.69) is 15.8 Å². The standard InChI is InChI=1S/C24H23N3O4S/c1-3-30-22-15-17(9-14-21(22)31-23(28)18-7-5-4-6-8-18)16-25-27-24(32)26-19-10-12-20(29-2)13-11-19/h4-16H,3H2,1-2H3,(H2,26,27,32)/b25-16-. The summed E-state index contributed by atoms with van der Waals surface area (Å²) in [5.74, 6) is 1.09. The molecular formula is C24H23N3O4S. The SMILES string of the molecule is CCOc1cc(/C=N\NC(=S)Nc2ccc(OC)cc2)ccc1OC(=O)c1ccccc1. The number of carbonyl (C=O) groups is 1. The van der Waals surface area contributed by atoms with E-state index in [0.717, 1.165) is 17.0 Å². The number of rotatable bonds is 8. The molecule has 32 heavy (non-hydrogen) atoms. The Balaban J connectivity index is 1.62. The molecule has 0 aromatic heterocycles. The van der Waals surface area contributed by atoms with Gasteiger partial charge in [0, 0.05) is 5.69 Å². The van der Waals surface area contributed by atoms with Crippen LogP contribution in [0.1, 0.15) is 22.8 Å². The number of ether oxygens (including phenoxy) is 3. The molecule has 0 fully saturated rings. The van der Waals surface area contributed by atoms with Crippen LogP contribution >= 0.6 is 12.2 Å². The van der Waals surface area contributed by atoms with Crippen molar-refractivity contribution in [3.8, 4) is 17.2 Å². The normalized spacial score (nSPS) is 10.4. The van der Waals surface area contributed by atoms with Gasteiger partial charge in [0.1, 0.15) is 5.75 Å². The maximum Gasteiger partial charge on any atom is 0.343 e. The monoisotopic (exact) mass is 449 g/mol. The first-order chi connectivity index (χ1) is 15.6. The van der Waals surface area contributed by atoms with Crippen molar-refractivity contribution < 1.29 is 19.0 Å². The van der Waals surface area contributed by atoms with Crippen molar-refractivity contribution in [3.63, 3.8) is 0 Å². The lowest BCUT2D eigenvalue weighted by atomic mass is 10.2. The molecule has 0 bridgehead atoms. The lowest BCUT2D eigenvalue weighted by Gasteiger charge is -2.11. The number of carbonyl (C=O) groups excluding carboxylic acids is 1. The summed E-state index contributed by atoms with van der Waals surface area (Å²) in [5.41, 5.74) is 4.77. The number of hydrogen-bond acceptors (Lipinski definition) is 6. The smallest absolute Gasteiger partial charge is 0.343 e. The van der Waals surface area contributed by atoms with Gasteiger partial charge < -0.3 is 19.5 Å². The maximum atomic E-state index is 12.3. The second-order valence-corrected chi connectivity index (χ2v) is 6.86. The second-order valence-electron chi connectivity index (χ2n) is 6.45. The fourth-order valence-electron chi connectivity index (χ4n) is 2.69. The molecule has 164 valence electrons. The third-order valence-electron chi connectivity index (χ3n) is 4.21. The van der Waals surface area contributed by atoms with Gasteiger partial charge in [-0.15, -0.1) is 0 Å². The molecule has 0 unspecified atom stereocenters. The summed E-state index contributed by atoms with van der Waals surface area (Å²) in [6.07, 6.45) is 1.59. The van der Waals surface area contributed by atoms with Crippen LogP contribution in [0.2, 0.25) is 0 Å². The molecule has 0 aliphatic carbocycles. The van der Waals surface area contributed by atoms with Crippen LogP contribution in [0, 0.1) is 0 Å². The summed E-state index contributed by atoms with van der Waals surface area (Å²) in [6, 6.07) is 21.3. The lowest BCUT2D eigenvalue weighted by molar-refractivity contribution is 0.0728. The van der Waals surface area contributed by atoms with Gasteiger partial charge in [0.2, 0.25) is 0 Å². The van der Waals surface area contributed by atoms with Crippen LogP contribution < -0.4 is 25.0 Å². The Morgan fingerprint density at radius 3 is 2.47 bits per heavy atom. The molecule has 0 amide bonds. The Labute approximate surface area is 192 Å². The molecule has 0 saturated carbocycles. The van der Waals surface area contributed by atoms with Crippen LogP contribution in [0.15, 0.2) is 77.9 Å². The molecule has 0 radical (unpaired) electrons. The zero-order valence-electron chi connectivity index (χ0n) is 17.7. The first-order valence-electron chi connectivity index (χ1n) is 9.87. The largest absolute Gasteiger partial charge is 0.497 e. The van der Waals surface area contributed by atoms with Gasteiger partial charge in [0.05, 0.1) is 25.5 Å². The Morgan fingerprint density at radius 2 is 1.78 bits per heavy atom. The number of hydrogen-bond donors (Lipinski definition) is 2. The van der Waals surface area contributed by atoms with Crippen LogP contribution in [0.5, 0.6) is 17.2 Å². The number of hydrazone groups is 1. The van der Waals surface area contributed by atoms with Gasteiger partial charge in [0.15, 0.2) is 16.6 Å². The Kier molecular flexibility index (Phi) is 8.16. The van der Waals surface area contributed by atoms with E-state index < -0.39 is 5.97 Å². The zero-order valence-corrected chi connectivity index (χ0v) is 18.5. The number of methoxy groups -OCH3 is 1. The quantitative estimate of drug-likeness (QED) is 0.171. The lowest BCUT2D eigenvalue weighted by Crippen LogP contribution is -2.23. The van der Waals surface area contributed by atoms with E-state index >= 15 is 0 Å². The summed E-state index contributed by atoms with van der Waals surface area (Å²) in [7, 11) is 1.61. The summed E-state index contributed by atoms with van der Waals surface area (Å²) < 4.78 is 16.3. The molecule has 8 heteroatoms. The van der Waals surface area contributed by atoms with Crippen molar-refractivity contribution in [1.29, 1.82) is 0 Å². The molecule has 3 rings (SSSR count). The molecule has 0 aliphatic heterocycles. The molecule has 0 atom stereocenters. The van der Waals surface area contributed by atoms with Gasteiger partial charge in [-0.25, -0.2) is 4.79 Å². The van der Waals surface area contributed by atoms with Crippen molar-refractivity contribution in [2.24, 2.45) is 5.10 Å². The summed E-state index contributed by atoms with van der Waals surface area (Å²) >= 11 is 5.25. The third-order valence-corrected chi connectivity index (χ3v) is 4.40. The van der Waals surface area contributed by atoms with Gasteiger partial charge in [0.25, 0.3) is 0 Å². The maximum absolute atomic E-state index is 12.3. The summed E-state index contributed by atoms with van der Waals surface area (Å²) in [4.78, 5) is 12.3. The Morgan fingerprint density at radius 1 is 1.03 bits per heavy atom. The topological polar surface area (TPSA) is 81.2 Å². The molecule has 3 aromatic carbocycles. The fraction of sp³-hybridized carbons (Fsp3) is 0.125. The minimum absolute atomic E-state index is 0.336. The number of nitrogens with one attached hydrogen (secondary N) is 2. The number of thiocarbonyl (C=S) groups is 1.